The molecule has 0 aliphatic carbocycles. The highest BCUT2D eigenvalue weighted by molar-refractivity contribution is 7.88. The minimum Gasteiger partial charge on any atom is -0.348 e. The van der Waals surface area contributed by atoms with E-state index in [1.807, 2.05) is 0 Å². The summed E-state index contributed by atoms with van der Waals surface area (Å²) in [6.07, 6.45) is 1.52. The largest absolute Gasteiger partial charge is 0.348 e. The number of hydrogen-bond acceptors (Lipinski definition) is 4. The quantitative estimate of drug-likeness (QED) is 0.787. The van der Waals surface area contributed by atoms with Gasteiger partial charge in [0.05, 0.1) is 5.75 Å². The van der Waals surface area contributed by atoms with E-state index in [0.717, 1.165) is 0 Å². The Hall–Kier alpha value is -2.45. The van der Waals surface area contributed by atoms with Gasteiger partial charge < -0.3 is 9.88 Å². The van der Waals surface area contributed by atoms with Gasteiger partial charge in [-0.3, -0.25) is 9.59 Å². The van der Waals surface area contributed by atoms with Crippen molar-refractivity contribution in [2.24, 2.45) is 7.05 Å². The fraction of sp³-hybridized carbons (Fsp3) is 0.250. The summed E-state index contributed by atoms with van der Waals surface area (Å²) in [5.41, 5.74) is 1.30. The molecule has 0 atom stereocenters. The highest BCUT2D eigenvalue weighted by atomic mass is 32.2. The van der Waals surface area contributed by atoms with Crippen LogP contribution < -0.4 is 15.6 Å². The lowest BCUT2D eigenvalue weighted by Gasteiger charge is -2.11. The number of aromatic nitrogens is 1. The van der Waals surface area contributed by atoms with E-state index >= 15 is 0 Å². The molecule has 0 bridgehead atoms. The number of rotatable bonds is 6. The van der Waals surface area contributed by atoms with Crippen molar-refractivity contribution in [1.82, 2.24) is 14.6 Å². The van der Waals surface area contributed by atoms with E-state index in [1.165, 1.54) is 23.9 Å². The normalized spacial score (nSPS) is 11.2. The van der Waals surface area contributed by atoms with Gasteiger partial charge in [-0.2, -0.15) is 0 Å². The Bertz CT molecular complexity index is 904. The molecule has 1 aromatic carbocycles. The molecule has 2 aromatic rings. The van der Waals surface area contributed by atoms with Crippen molar-refractivity contribution >= 4 is 15.9 Å². The van der Waals surface area contributed by atoms with Crippen molar-refractivity contribution < 1.29 is 13.2 Å². The van der Waals surface area contributed by atoms with Gasteiger partial charge in [-0.05, 0) is 24.2 Å². The second-order valence-electron chi connectivity index (χ2n) is 5.28. The van der Waals surface area contributed by atoms with E-state index in [0.29, 0.717) is 11.1 Å². The molecule has 1 amide bonds. The number of carbonyl (C=O) groups is 1. The molecule has 128 valence electrons. The molecule has 0 spiro atoms. The second kappa shape index (κ2) is 7.41. The summed E-state index contributed by atoms with van der Waals surface area (Å²) >= 11 is 0. The lowest BCUT2D eigenvalue weighted by Crippen LogP contribution is -2.27. The second-order valence-corrected chi connectivity index (χ2v) is 7.21. The molecule has 0 saturated heterocycles. The number of aryl methyl sites for hydroxylation is 1. The van der Waals surface area contributed by atoms with Gasteiger partial charge in [-0.15, -0.1) is 0 Å². The predicted molar refractivity (Wildman–Crippen MR) is 91.0 cm³/mol. The fourth-order valence-corrected chi connectivity index (χ4v) is 2.95. The Morgan fingerprint density at radius 2 is 1.83 bits per heavy atom. The van der Waals surface area contributed by atoms with Crippen LogP contribution in [0.5, 0.6) is 0 Å². The van der Waals surface area contributed by atoms with E-state index < -0.39 is 10.0 Å². The number of nitrogens with one attached hydrogen (secondary N) is 2. The molecule has 24 heavy (non-hydrogen) atoms. The summed E-state index contributed by atoms with van der Waals surface area (Å²) in [4.78, 5) is 23.7. The van der Waals surface area contributed by atoms with E-state index in [2.05, 4.69) is 10.0 Å². The highest BCUT2D eigenvalue weighted by Gasteiger charge is 2.13. The van der Waals surface area contributed by atoms with Crippen LogP contribution >= 0.6 is 0 Å². The molecule has 0 aliphatic rings. The van der Waals surface area contributed by atoms with Gasteiger partial charge in [-0.1, -0.05) is 24.3 Å². The van der Waals surface area contributed by atoms with Crippen LogP contribution in [0.3, 0.4) is 0 Å². The Balaban J connectivity index is 2.13. The first kappa shape index (κ1) is 17.9. The minimum atomic E-state index is -3.40. The van der Waals surface area contributed by atoms with Crippen LogP contribution in [0.4, 0.5) is 0 Å². The molecule has 1 heterocycles. The number of hydrogen-bond donors (Lipinski definition) is 2. The van der Waals surface area contributed by atoms with Gasteiger partial charge in [-0.25, -0.2) is 13.1 Å². The predicted octanol–water partition coefficient (Wildman–Crippen LogP) is 0.364. The third-order valence-electron chi connectivity index (χ3n) is 3.58. The Labute approximate surface area is 140 Å². The topological polar surface area (TPSA) is 97.3 Å². The molecule has 0 aliphatic heterocycles. The highest BCUT2D eigenvalue weighted by Crippen LogP contribution is 2.12. The summed E-state index contributed by atoms with van der Waals surface area (Å²) in [5.74, 6) is -0.555. The van der Waals surface area contributed by atoms with Crippen LogP contribution in [-0.4, -0.2) is 25.9 Å². The molecule has 0 fully saturated rings. The molecule has 0 saturated carbocycles. The van der Waals surface area contributed by atoms with Crippen LogP contribution in [0.1, 0.15) is 21.5 Å². The van der Waals surface area contributed by atoms with Crippen LogP contribution in [0, 0.1) is 0 Å². The molecule has 7 nitrogen and oxygen atoms in total. The number of sulfonamides is 1. The van der Waals surface area contributed by atoms with Gasteiger partial charge in [0, 0.05) is 31.4 Å². The van der Waals surface area contributed by atoms with Crippen molar-refractivity contribution in [3.05, 3.63) is 69.6 Å². The Morgan fingerprint density at radius 1 is 1.17 bits per heavy atom. The van der Waals surface area contributed by atoms with Gasteiger partial charge in [0.25, 0.3) is 11.5 Å². The van der Waals surface area contributed by atoms with Crippen LogP contribution in [0.25, 0.3) is 0 Å². The van der Waals surface area contributed by atoms with Gasteiger partial charge in [0.2, 0.25) is 10.0 Å². The first-order valence-electron chi connectivity index (χ1n) is 7.25. The molecular weight excluding hydrogens is 330 g/mol. The summed E-state index contributed by atoms with van der Waals surface area (Å²) in [5, 5.41) is 2.70. The van der Waals surface area contributed by atoms with E-state index in [4.69, 9.17) is 0 Å². The van der Waals surface area contributed by atoms with Crippen molar-refractivity contribution in [3.8, 4) is 0 Å². The van der Waals surface area contributed by atoms with Gasteiger partial charge in [0.15, 0.2) is 0 Å². The summed E-state index contributed by atoms with van der Waals surface area (Å²) in [6, 6.07) is 9.78. The summed E-state index contributed by atoms with van der Waals surface area (Å²) in [7, 11) is -0.446. The zero-order valence-electron chi connectivity index (χ0n) is 13.4. The number of benzene rings is 1. The SMILES string of the molecule is CNS(=O)(=O)Cc1ccccc1CNC(=O)c1ccn(C)c(=O)c1. The number of pyridine rings is 1. The number of carbonyl (C=O) groups excluding carboxylic acids is 1. The lowest BCUT2D eigenvalue weighted by atomic mass is 10.1. The Kier molecular flexibility index (Phi) is 5.53. The average Bonchev–Trinajstić information content (AvgIpc) is 2.56. The number of amides is 1. The monoisotopic (exact) mass is 349 g/mol. The van der Waals surface area contributed by atoms with E-state index in [-0.39, 0.29) is 29.3 Å². The van der Waals surface area contributed by atoms with E-state index in [9.17, 15) is 18.0 Å². The maximum atomic E-state index is 12.1. The molecule has 0 unspecified atom stereocenters. The first-order chi connectivity index (χ1) is 11.3. The van der Waals surface area contributed by atoms with Crippen LogP contribution in [-0.2, 0) is 29.4 Å². The standard InChI is InChI=1S/C16H19N3O4S/c1-17-24(22,23)11-14-6-4-3-5-13(14)10-18-16(21)12-7-8-19(2)15(20)9-12/h3-9,17H,10-11H2,1-2H3,(H,18,21). The van der Waals surface area contributed by atoms with Crippen molar-refractivity contribution in [2.75, 3.05) is 7.05 Å². The first-order valence-corrected chi connectivity index (χ1v) is 8.90. The maximum Gasteiger partial charge on any atom is 0.251 e. The zero-order valence-corrected chi connectivity index (χ0v) is 14.3. The van der Waals surface area contributed by atoms with Crippen LogP contribution in [0.15, 0.2) is 47.4 Å². The molecule has 0 radical (unpaired) electrons. The van der Waals surface area contributed by atoms with Gasteiger partial charge >= 0.3 is 0 Å². The van der Waals surface area contributed by atoms with Crippen molar-refractivity contribution in [3.63, 3.8) is 0 Å². The average molecular weight is 349 g/mol. The smallest absolute Gasteiger partial charge is 0.251 e. The minimum absolute atomic E-state index is 0.165. The molecule has 2 N–H and O–H groups in total. The van der Waals surface area contributed by atoms with E-state index in [1.54, 1.807) is 37.4 Å². The summed E-state index contributed by atoms with van der Waals surface area (Å²) < 4.78 is 27.1. The number of nitrogens with zero attached hydrogens (tertiary/aromatic N) is 1. The molecule has 2 rings (SSSR count). The molecule has 1 aromatic heterocycles. The van der Waals surface area contributed by atoms with Gasteiger partial charge in [0.1, 0.15) is 0 Å². The lowest BCUT2D eigenvalue weighted by molar-refractivity contribution is 0.0950. The van der Waals surface area contributed by atoms with Crippen LogP contribution in [0.2, 0.25) is 0 Å². The van der Waals surface area contributed by atoms with Crippen molar-refractivity contribution in [2.45, 2.75) is 12.3 Å². The third kappa shape index (κ3) is 4.53. The third-order valence-corrected chi connectivity index (χ3v) is 4.89. The molecule has 8 heteroatoms. The maximum absolute atomic E-state index is 12.1. The fourth-order valence-electron chi connectivity index (χ4n) is 2.11. The molecular formula is C16H19N3O4S. The van der Waals surface area contributed by atoms with Crippen molar-refractivity contribution in [1.29, 1.82) is 0 Å². The summed E-state index contributed by atoms with van der Waals surface area (Å²) in [6.45, 7) is 0.170. The zero-order chi connectivity index (χ0) is 17.7. The Morgan fingerprint density at radius 3 is 2.46 bits per heavy atom.